The van der Waals surface area contributed by atoms with Crippen LogP contribution in [0.2, 0.25) is 0 Å². The summed E-state index contributed by atoms with van der Waals surface area (Å²) >= 11 is 4.84. The second-order valence-corrected chi connectivity index (χ2v) is 8.50. The van der Waals surface area contributed by atoms with E-state index in [9.17, 15) is 13.2 Å². The number of thiophene rings is 1. The molecule has 1 aliphatic carbocycles. The van der Waals surface area contributed by atoms with E-state index in [1.807, 2.05) is 11.4 Å². The van der Waals surface area contributed by atoms with Gasteiger partial charge in [-0.3, -0.25) is 4.79 Å². The largest absolute Gasteiger partial charge is 0.469 e. The summed E-state index contributed by atoms with van der Waals surface area (Å²) in [5.41, 5.74) is 0. The number of methoxy groups -OCH3 is 1. The average molecular weight is 382 g/mol. The van der Waals surface area contributed by atoms with Crippen LogP contribution in [0, 0.1) is 5.92 Å². The van der Waals surface area contributed by atoms with Gasteiger partial charge in [0.15, 0.2) is 0 Å². The highest BCUT2D eigenvalue weighted by atomic mass is 79.9. The highest BCUT2D eigenvalue weighted by Gasteiger charge is 2.42. The predicted molar refractivity (Wildman–Crippen MR) is 80.9 cm³/mol. The van der Waals surface area contributed by atoms with Crippen LogP contribution in [0.3, 0.4) is 0 Å². The predicted octanol–water partition coefficient (Wildman–Crippen LogP) is 2.27. The zero-order chi connectivity index (χ0) is 14.8. The summed E-state index contributed by atoms with van der Waals surface area (Å²) in [4.78, 5) is 12.6. The average Bonchev–Trinajstić information content (AvgIpc) is 3.04. The van der Waals surface area contributed by atoms with Crippen molar-refractivity contribution in [2.24, 2.45) is 5.92 Å². The van der Waals surface area contributed by atoms with Gasteiger partial charge in [-0.05, 0) is 40.2 Å². The maximum absolute atomic E-state index is 12.3. The molecular weight excluding hydrogens is 366 g/mol. The molecule has 2 unspecified atom stereocenters. The Morgan fingerprint density at radius 2 is 2.30 bits per heavy atom. The van der Waals surface area contributed by atoms with Gasteiger partial charge < -0.3 is 4.74 Å². The fourth-order valence-corrected chi connectivity index (χ4v) is 5.68. The first-order valence-electron chi connectivity index (χ1n) is 6.24. The highest BCUT2D eigenvalue weighted by Crippen LogP contribution is 2.32. The van der Waals surface area contributed by atoms with Crippen LogP contribution in [-0.4, -0.2) is 26.7 Å². The number of nitrogens with one attached hydrogen (secondary N) is 1. The molecule has 1 aromatic rings. The van der Waals surface area contributed by atoms with Crippen LogP contribution in [0.25, 0.3) is 0 Å². The van der Waals surface area contributed by atoms with Crippen LogP contribution >= 0.6 is 27.3 Å². The maximum Gasteiger partial charge on any atom is 0.310 e. The molecule has 0 bridgehead atoms. The standard InChI is InChI=1S/C12H16BrNO4S2/c1-18-12(15)8-3-2-4-11(8)20(16,17)14-7-10-9(13)5-6-19-10/h5-6,8,11,14H,2-4,7H2,1H3. The van der Waals surface area contributed by atoms with Crippen LogP contribution < -0.4 is 4.72 Å². The van der Waals surface area contributed by atoms with E-state index in [0.29, 0.717) is 12.8 Å². The Balaban J connectivity index is 2.06. The van der Waals surface area contributed by atoms with E-state index in [-0.39, 0.29) is 6.54 Å². The van der Waals surface area contributed by atoms with Crippen molar-refractivity contribution in [3.05, 3.63) is 20.8 Å². The van der Waals surface area contributed by atoms with Crippen molar-refractivity contribution in [2.45, 2.75) is 31.1 Å². The fourth-order valence-electron chi connectivity index (χ4n) is 2.44. The molecule has 1 fully saturated rings. The number of ether oxygens (including phenoxy) is 1. The van der Waals surface area contributed by atoms with Crippen molar-refractivity contribution in [1.29, 1.82) is 0 Å². The van der Waals surface area contributed by atoms with Crippen LogP contribution in [0.1, 0.15) is 24.1 Å². The topological polar surface area (TPSA) is 72.5 Å². The molecule has 0 radical (unpaired) electrons. The van der Waals surface area contributed by atoms with Crippen LogP contribution in [-0.2, 0) is 26.1 Å². The molecule has 0 aromatic carbocycles. The van der Waals surface area contributed by atoms with Crippen LogP contribution in [0.4, 0.5) is 0 Å². The minimum absolute atomic E-state index is 0.241. The summed E-state index contributed by atoms with van der Waals surface area (Å²) in [6.45, 7) is 0.241. The van der Waals surface area contributed by atoms with Gasteiger partial charge in [-0.2, -0.15) is 0 Å². The van der Waals surface area contributed by atoms with Gasteiger partial charge in [0.1, 0.15) is 0 Å². The van der Waals surface area contributed by atoms with E-state index in [1.54, 1.807) is 0 Å². The first kappa shape index (κ1) is 15.9. The molecule has 1 N–H and O–H groups in total. The summed E-state index contributed by atoms with van der Waals surface area (Å²) < 4.78 is 32.9. The zero-order valence-electron chi connectivity index (χ0n) is 11.0. The molecule has 0 saturated heterocycles. The van der Waals surface area contributed by atoms with Crippen molar-refractivity contribution in [1.82, 2.24) is 4.72 Å². The minimum atomic E-state index is -3.52. The third kappa shape index (κ3) is 3.41. The summed E-state index contributed by atoms with van der Waals surface area (Å²) in [6, 6.07) is 1.88. The summed E-state index contributed by atoms with van der Waals surface area (Å²) in [6.07, 6.45) is 1.80. The Kier molecular flexibility index (Phi) is 5.22. The van der Waals surface area contributed by atoms with E-state index in [0.717, 1.165) is 15.8 Å². The Labute approximate surface area is 130 Å². The van der Waals surface area contributed by atoms with Crippen molar-refractivity contribution in [3.8, 4) is 0 Å². The van der Waals surface area contributed by atoms with Gasteiger partial charge in [-0.25, -0.2) is 13.1 Å². The van der Waals surface area contributed by atoms with E-state index < -0.39 is 27.2 Å². The number of carbonyl (C=O) groups excluding carboxylic acids is 1. The minimum Gasteiger partial charge on any atom is -0.469 e. The Morgan fingerprint density at radius 1 is 1.55 bits per heavy atom. The van der Waals surface area contributed by atoms with Gasteiger partial charge in [-0.15, -0.1) is 11.3 Å². The first-order chi connectivity index (χ1) is 9.45. The van der Waals surface area contributed by atoms with Gasteiger partial charge in [0.2, 0.25) is 10.0 Å². The van der Waals surface area contributed by atoms with E-state index >= 15 is 0 Å². The molecule has 2 rings (SSSR count). The van der Waals surface area contributed by atoms with Crippen molar-refractivity contribution in [3.63, 3.8) is 0 Å². The molecular formula is C12H16BrNO4S2. The lowest BCUT2D eigenvalue weighted by Crippen LogP contribution is -2.39. The number of carbonyl (C=O) groups is 1. The number of halogens is 1. The SMILES string of the molecule is COC(=O)C1CCCC1S(=O)(=O)NCc1sccc1Br. The number of hydrogen-bond donors (Lipinski definition) is 1. The van der Waals surface area contributed by atoms with Crippen molar-refractivity contribution < 1.29 is 17.9 Å². The van der Waals surface area contributed by atoms with Crippen LogP contribution in [0.15, 0.2) is 15.9 Å². The van der Waals surface area contributed by atoms with Crippen LogP contribution in [0.5, 0.6) is 0 Å². The molecule has 2 atom stereocenters. The Hall–Kier alpha value is -0.440. The third-order valence-corrected chi connectivity index (χ3v) is 7.31. The lowest BCUT2D eigenvalue weighted by atomic mass is 10.1. The first-order valence-corrected chi connectivity index (χ1v) is 9.46. The zero-order valence-corrected chi connectivity index (χ0v) is 14.2. The van der Waals surface area contributed by atoms with E-state index in [4.69, 9.17) is 4.74 Å². The third-order valence-electron chi connectivity index (χ3n) is 3.48. The van der Waals surface area contributed by atoms with Gasteiger partial charge in [0.25, 0.3) is 0 Å². The van der Waals surface area contributed by atoms with Crippen molar-refractivity contribution >= 4 is 43.3 Å². The monoisotopic (exact) mass is 381 g/mol. The highest BCUT2D eigenvalue weighted by molar-refractivity contribution is 9.10. The van der Waals surface area contributed by atoms with E-state index in [1.165, 1.54) is 18.4 Å². The molecule has 1 heterocycles. The quantitative estimate of drug-likeness (QED) is 0.793. The lowest BCUT2D eigenvalue weighted by Gasteiger charge is -2.18. The summed E-state index contributed by atoms with van der Waals surface area (Å²) in [5, 5.41) is 1.20. The second kappa shape index (κ2) is 6.55. The van der Waals surface area contributed by atoms with E-state index in [2.05, 4.69) is 20.7 Å². The second-order valence-electron chi connectivity index (χ2n) is 4.66. The molecule has 8 heteroatoms. The maximum atomic E-state index is 12.3. The summed E-state index contributed by atoms with van der Waals surface area (Å²) in [7, 11) is -2.23. The lowest BCUT2D eigenvalue weighted by molar-refractivity contribution is -0.145. The number of rotatable bonds is 5. The molecule has 0 aliphatic heterocycles. The number of hydrogen-bond acceptors (Lipinski definition) is 5. The van der Waals surface area contributed by atoms with Gasteiger partial charge in [-0.1, -0.05) is 6.42 Å². The van der Waals surface area contributed by atoms with Gasteiger partial charge in [0, 0.05) is 15.9 Å². The van der Waals surface area contributed by atoms with Crippen molar-refractivity contribution in [2.75, 3.05) is 7.11 Å². The molecule has 5 nitrogen and oxygen atoms in total. The molecule has 1 aromatic heterocycles. The smallest absolute Gasteiger partial charge is 0.310 e. The molecule has 0 amide bonds. The van der Waals surface area contributed by atoms with Gasteiger partial charge >= 0.3 is 5.97 Å². The Morgan fingerprint density at radius 3 is 2.90 bits per heavy atom. The fraction of sp³-hybridized carbons (Fsp3) is 0.583. The summed E-state index contributed by atoms with van der Waals surface area (Å²) in [5.74, 6) is -0.987. The molecule has 112 valence electrons. The molecule has 1 saturated carbocycles. The normalized spacial score (nSPS) is 22.9. The number of sulfonamides is 1. The molecule has 20 heavy (non-hydrogen) atoms. The molecule has 0 spiro atoms. The number of esters is 1. The Bertz CT molecular complexity index is 584. The van der Waals surface area contributed by atoms with Gasteiger partial charge in [0.05, 0.1) is 18.3 Å². The molecule has 1 aliphatic rings.